The first kappa shape index (κ1) is 19.5. The van der Waals surface area contributed by atoms with Crippen molar-refractivity contribution in [1.29, 1.82) is 0 Å². The first-order valence-corrected chi connectivity index (χ1v) is 8.96. The third-order valence-electron chi connectivity index (χ3n) is 4.59. The van der Waals surface area contributed by atoms with Gasteiger partial charge in [0.1, 0.15) is 12.1 Å². The largest absolute Gasteiger partial charge is 0.370 e. The van der Waals surface area contributed by atoms with Crippen LogP contribution in [0.4, 0.5) is 5.69 Å². The molecule has 1 aliphatic heterocycles. The zero-order valence-corrected chi connectivity index (χ0v) is 15.4. The highest BCUT2D eigenvalue weighted by molar-refractivity contribution is 5.97. The molecule has 1 saturated heterocycles. The SMILES string of the molecule is CC(NC(=O)c1cccc([N+](=O)[O-])c1)C(=O)N1CCOC(c2ccccc2)C1. The van der Waals surface area contributed by atoms with E-state index in [1.807, 2.05) is 30.3 Å². The summed E-state index contributed by atoms with van der Waals surface area (Å²) in [4.78, 5) is 37.1. The van der Waals surface area contributed by atoms with Gasteiger partial charge in [0.05, 0.1) is 18.1 Å². The van der Waals surface area contributed by atoms with Gasteiger partial charge < -0.3 is 15.0 Å². The predicted molar refractivity (Wildman–Crippen MR) is 102 cm³/mol. The van der Waals surface area contributed by atoms with E-state index in [2.05, 4.69) is 5.32 Å². The smallest absolute Gasteiger partial charge is 0.270 e. The first-order chi connectivity index (χ1) is 13.5. The summed E-state index contributed by atoms with van der Waals surface area (Å²) in [6, 6.07) is 14.3. The highest BCUT2D eigenvalue weighted by atomic mass is 16.6. The number of ether oxygens (including phenoxy) is 1. The van der Waals surface area contributed by atoms with E-state index in [-0.39, 0.29) is 23.3 Å². The van der Waals surface area contributed by atoms with Crippen LogP contribution in [0.2, 0.25) is 0 Å². The van der Waals surface area contributed by atoms with Crippen LogP contribution in [-0.2, 0) is 9.53 Å². The van der Waals surface area contributed by atoms with Crippen LogP contribution < -0.4 is 5.32 Å². The second-order valence-corrected chi connectivity index (χ2v) is 6.56. The number of hydrogen-bond donors (Lipinski definition) is 1. The second-order valence-electron chi connectivity index (χ2n) is 6.56. The number of hydrogen-bond acceptors (Lipinski definition) is 5. The summed E-state index contributed by atoms with van der Waals surface area (Å²) < 4.78 is 5.77. The summed E-state index contributed by atoms with van der Waals surface area (Å²) in [6.07, 6.45) is -0.210. The molecule has 8 nitrogen and oxygen atoms in total. The predicted octanol–water partition coefficient (Wildman–Crippen LogP) is 2.31. The number of non-ortho nitro benzene ring substituents is 1. The Morgan fingerprint density at radius 1 is 1.21 bits per heavy atom. The Balaban J connectivity index is 1.63. The molecule has 0 aliphatic carbocycles. The van der Waals surface area contributed by atoms with Gasteiger partial charge in [-0.3, -0.25) is 19.7 Å². The van der Waals surface area contributed by atoms with Crippen molar-refractivity contribution in [3.8, 4) is 0 Å². The number of carbonyl (C=O) groups excluding carboxylic acids is 2. The van der Waals surface area contributed by atoms with Gasteiger partial charge in [0.25, 0.3) is 11.6 Å². The Morgan fingerprint density at radius 3 is 2.68 bits per heavy atom. The molecule has 2 aromatic rings. The molecule has 3 rings (SSSR count). The molecule has 1 N–H and O–H groups in total. The molecule has 1 heterocycles. The Morgan fingerprint density at radius 2 is 1.96 bits per heavy atom. The fourth-order valence-corrected chi connectivity index (χ4v) is 3.10. The van der Waals surface area contributed by atoms with Gasteiger partial charge in [-0.05, 0) is 18.6 Å². The van der Waals surface area contributed by atoms with E-state index in [9.17, 15) is 19.7 Å². The fraction of sp³-hybridized carbons (Fsp3) is 0.300. The van der Waals surface area contributed by atoms with Gasteiger partial charge in [-0.15, -0.1) is 0 Å². The number of morpholine rings is 1. The van der Waals surface area contributed by atoms with Crippen molar-refractivity contribution < 1.29 is 19.2 Å². The molecule has 0 aromatic heterocycles. The van der Waals surface area contributed by atoms with E-state index in [1.165, 1.54) is 24.3 Å². The normalized spacial score (nSPS) is 17.6. The van der Waals surface area contributed by atoms with Gasteiger partial charge in [0, 0.05) is 24.2 Å². The summed E-state index contributed by atoms with van der Waals surface area (Å²) in [7, 11) is 0. The molecule has 1 aliphatic rings. The number of nitro benzene ring substituents is 1. The van der Waals surface area contributed by atoms with Gasteiger partial charge in [-0.1, -0.05) is 36.4 Å². The molecular formula is C20H21N3O5. The lowest BCUT2D eigenvalue weighted by atomic mass is 10.1. The standard InChI is InChI=1S/C20H21N3O5/c1-14(21-19(24)16-8-5-9-17(12-16)23(26)27)20(25)22-10-11-28-18(13-22)15-6-3-2-4-7-15/h2-9,12,14,18H,10-11,13H2,1H3,(H,21,24). The molecule has 2 atom stereocenters. The van der Waals surface area contributed by atoms with Crippen LogP contribution in [0.25, 0.3) is 0 Å². The van der Waals surface area contributed by atoms with Crippen molar-refractivity contribution in [2.75, 3.05) is 19.7 Å². The molecule has 1 fully saturated rings. The lowest BCUT2D eigenvalue weighted by Crippen LogP contribution is -2.51. The Hall–Kier alpha value is -3.26. The number of carbonyl (C=O) groups is 2. The molecule has 2 amide bonds. The second kappa shape index (κ2) is 8.62. The van der Waals surface area contributed by atoms with Crippen molar-refractivity contribution in [2.24, 2.45) is 0 Å². The van der Waals surface area contributed by atoms with Crippen LogP contribution in [0.15, 0.2) is 54.6 Å². The summed E-state index contributed by atoms with van der Waals surface area (Å²) in [5.41, 5.74) is 0.955. The minimum Gasteiger partial charge on any atom is -0.370 e. The Bertz CT molecular complexity index is 871. The summed E-state index contributed by atoms with van der Waals surface area (Å²) in [6.45, 7) is 2.86. The number of rotatable bonds is 5. The van der Waals surface area contributed by atoms with Gasteiger partial charge in [0.2, 0.25) is 5.91 Å². The molecule has 2 unspecified atom stereocenters. The highest BCUT2D eigenvalue weighted by Gasteiger charge is 2.29. The lowest BCUT2D eigenvalue weighted by Gasteiger charge is -2.34. The average molecular weight is 383 g/mol. The van der Waals surface area contributed by atoms with Crippen LogP contribution >= 0.6 is 0 Å². The third kappa shape index (κ3) is 4.52. The molecule has 146 valence electrons. The fourth-order valence-electron chi connectivity index (χ4n) is 3.10. The Labute approximate surface area is 162 Å². The number of nitro groups is 1. The summed E-state index contributed by atoms with van der Waals surface area (Å²) in [5.74, 6) is -0.750. The lowest BCUT2D eigenvalue weighted by molar-refractivity contribution is -0.384. The van der Waals surface area contributed by atoms with Crippen molar-refractivity contribution >= 4 is 17.5 Å². The van der Waals surface area contributed by atoms with Crippen LogP contribution in [-0.4, -0.2) is 47.4 Å². The maximum Gasteiger partial charge on any atom is 0.270 e. The minimum atomic E-state index is -0.763. The quantitative estimate of drug-likeness (QED) is 0.631. The van der Waals surface area contributed by atoms with E-state index in [0.717, 1.165) is 5.56 Å². The molecule has 8 heteroatoms. The third-order valence-corrected chi connectivity index (χ3v) is 4.59. The average Bonchev–Trinajstić information content (AvgIpc) is 2.74. The molecular weight excluding hydrogens is 362 g/mol. The Kier molecular flexibility index (Phi) is 6.00. The number of nitrogens with one attached hydrogen (secondary N) is 1. The zero-order chi connectivity index (χ0) is 20.1. The van der Waals surface area contributed by atoms with Crippen molar-refractivity contribution in [2.45, 2.75) is 19.1 Å². The van der Waals surface area contributed by atoms with E-state index < -0.39 is 16.9 Å². The number of benzene rings is 2. The molecule has 0 saturated carbocycles. The van der Waals surface area contributed by atoms with Crippen molar-refractivity contribution in [3.63, 3.8) is 0 Å². The van der Waals surface area contributed by atoms with E-state index in [0.29, 0.717) is 19.7 Å². The van der Waals surface area contributed by atoms with Gasteiger partial charge in [-0.25, -0.2) is 0 Å². The molecule has 0 radical (unpaired) electrons. The summed E-state index contributed by atoms with van der Waals surface area (Å²) in [5, 5.41) is 13.5. The zero-order valence-electron chi connectivity index (χ0n) is 15.4. The highest BCUT2D eigenvalue weighted by Crippen LogP contribution is 2.22. The molecule has 0 bridgehead atoms. The van der Waals surface area contributed by atoms with Gasteiger partial charge in [0.15, 0.2) is 0 Å². The first-order valence-electron chi connectivity index (χ1n) is 8.96. The topological polar surface area (TPSA) is 102 Å². The molecule has 28 heavy (non-hydrogen) atoms. The van der Waals surface area contributed by atoms with Crippen LogP contribution in [0.1, 0.15) is 28.9 Å². The van der Waals surface area contributed by atoms with E-state index in [1.54, 1.807) is 11.8 Å². The summed E-state index contributed by atoms with van der Waals surface area (Å²) >= 11 is 0. The number of nitrogens with zero attached hydrogens (tertiary/aromatic N) is 2. The molecule has 2 aromatic carbocycles. The molecule has 0 spiro atoms. The van der Waals surface area contributed by atoms with Gasteiger partial charge >= 0.3 is 0 Å². The van der Waals surface area contributed by atoms with Gasteiger partial charge in [-0.2, -0.15) is 0 Å². The van der Waals surface area contributed by atoms with E-state index >= 15 is 0 Å². The maximum absolute atomic E-state index is 12.8. The minimum absolute atomic E-state index is 0.137. The van der Waals surface area contributed by atoms with E-state index in [4.69, 9.17) is 4.74 Å². The van der Waals surface area contributed by atoms with Crippen molar-refractivity contribution in [1.82, 2.24) is 10.2 Å². The van der Waals surface area contributed by atoms with Crippen molar-refractivity contribution in [3.05, 3.63) is 75.8 Å². The van der Waals surface area contributed by atoms with Crippen LogP contribution in [0, 0.1) is 10.1 Å². The van der Waals surface area contributed by atoms with Crippen LogP contribution in [0.3, 0.4) is 0 Å². The monoisotopic (exact) mass is 383 g/mol. The number of amides is 2. The van der Waals surface area contributed by atoms with Crippen LogP contribution in [0.5, 0.6) is 0 Å². The maximum atomic E-state index is 12.8.